The fourth-order valence-electron chi connectivity index (χ4n) is 3.15. The largest absolute Gasteiger partial charge is 0.481 e. The highest BCUT2D eigenvalue weighted by molar-refractivity contribution is 5.79. The van der Waals surface area contributed by atoms with Crippen LogP contribution in [0.15, 0.2) is 61.1 Å². The van der Waals surface area contributed by atoms with Crippen LogP contribution in [0, 0.1) is 5.82 Å². The average Bonchev–Trinajstić information content (AvgIpc) is 3.11. The standard InChI is InChI=1S/C21H19FN4O/c1-13(23)14-5-8-20-19(10-14)25-12-26(20)15-6-7-18(22)17(11-15)16-4-3-9-24-21(16)27-2/h3-13H,23H2,1-2H3/t13-/m1/s1. The van der Waals surface area contributed by atoms with E-state index in [9.17, 15) is 4.39 Å². The van der Waals surface area contributed by atoms with Crippen LogP contribution in [-0.4, -0.2) is 21.6 Å². The first-order chi connectivity index (χ1) is 13.1. The van der Waals surface area contributed by atoms with Crippen molar-refractivity contribution in [3.05, 3.63) is 72.4 Å². The van der Waals surface area contributed by atoms with Gasteiger partial charge in [-0.2, -0.15) is 0 Å². The molecule has 2 aromatic carbocycles. The Balaban J connectivity index is 1.85. The summed E-state index contributed by atoms with van der Waals surface area (Å²) in [5.41, 5.74) is 10.6. The number of rotatable bonds is 4. The SMILES string of the molecule is COc1ncccc1-c1cc(-n2cnc3cc([C@@H](C)N)ccc32)ccc1F. The second-order valence-electron chi connectivity index (χ2n) is 6.38. The Morgan fingerprint density at radius 3 is 2.70 bits per heavy atom. The second-order valence-corrected chi connectivity index (χ2v) is 6.38. The molecule has 2 aromatic heterocycles. The van der Waals surface area contributed by atoms with E-state index in [0.29, 0.717) is 17.0 Å². The van der Waals surface area contributed by atoms with Crippen LogP contribution in [0.1, 0.15) is 18.5 Å². The van der Waals surface area contributed by atoms with Gasteiger partial charge in [0, 0.05) is 29.1 Å². The lowest BCUT2D eigenvalue weighted by atomic mass is 10.1. The van der Waals surface area contributed by atoms with Crippen LogP contribution < -0.4 is 10.5 Å². The Hall–Kier alpha value is -3.25. The molecule has 0 saturated carbocycles. The average molecular weight is 362 g/mol. The molecule has 0 radical (unpaired) electrons. The predicted molar refractivity (Wildman–Crippen MR) is 103 cm³/mol. The zero-order valence-electron chi connectivity index (χ0n) is 15.1. The summed E-state index contributed by atoms with van der Waals surface area (Å²) in [5, 5.41) is 0. The number of aromatic nitrogens is 3. The molecule has 0 aliphatic carbocycles. The number of halogens is 1. The van der Waals surface area contributed by atoms with Crippen molar-refractivity contribution in [3.63, 3.8) is 0 Å². The van der Waals surface area contributed by atoms with Crippen molar-refractivity contribution in [2.45, 2.75) is 13.0 Å². The number of hydrogen-bond donors (Lipinski definition) is 1. The summed E-state index contributed by atoms with van der Waals surface area (Å²) in [6, 6.07) is 14.4. The number of fused-ring (bicyclic) bond motifs is 1. The third-order valence-electron chi connectivity index (χ3n) is 4.58. The normalized spacial score (nSPS) is 12.3. The highest BCUT2D eigenvalue weighted by atomic mass is 19.1. The Labute approximate surface area is 156 Å². The van der Waals surface area contributed by atoms with Crippen LogP contribution in [0.4, 0.5) is 4.39 Å². The van der Waals surface area contributed by atoms with E-state index in [1.165, 1.54) is 13.2 Å². The van der Waals surface area contributed by atoms with E-state index in [-0.39, 0.29) is 11.9 Å². The lowest BCUT2D eigenvalue weighted by Gasteiger charge is -2.11. The summed E-state index contributed by atoms with van der Waals surface area (Å²) < 4.78 is 21.8. The maximum absolute atomic E-state index is 14.5. The summed E-state index contributed by atoms with van der Waals surface area (Å²) >= 11 is 0. The van der Waals surface area contributed by atoms with Gasteiger partial charge in [0.05, 0.1) is 18.1 Å². The zero-order valence-corrected chi connectivity index (χ0v) is 15.1. The monoisotopic (exact) mass is 362 g/mol. The second kappa shape index (κ2) is 6.81. The molecule has 0 spiro atoms. The van der Waals surface area contributed by atoms with Gasteiger partial charge in [0.1, 0.15) is 12.1 Å². The van der Waals surface area contributed by atoms with Gasteiger partial charge in [0.15, 0.2) is 0 Å². The summed E-state index contributed by atoms with van der Waals surface area (Å²) in [5.74, 6) is 0.0410. The van der Waals surface area contributed by atoms with Crippen LogP contribution in [0.3, 0.4) is 0 Å². The molecule has 4 aromatic rings. The summed E-state index contributed by atoms with van der Waals surface area (Å²) in [6.07, 6.45) is 3.34. The molecule has 0 aliphatic rings. The Morgan fingerprint density at radius 1 is 1.07 bits per heavy atom. The number of pyridine rings is 1. The number of methoxy groups -OCH3 is 1. The Morgan fingerprint density at radius 2 is 1.93 bits per heavy atom. The third-order valence-corrected chi connectivity index (χ3v) is 4.58. The fourth-order valence-corrected chi connectivity index (χ4v) is 3.15. The molecular weight excluding hydrogens is 343 g/mol. The van der Waals surface area contributed by atoms with Gasteiger partial charge in [-0.1, -0.05) is 6.07 Å². The lowest BCUT2D eigenvalue weighted by Crippen LogP contribution is -2.04. The van der Waals surface area contributed by atoms with Crippen molar-refractivity contribution in [1.29, 1.82) is 0 Å². The minimum atomic E-state index is -0.339. The molecule has 0 bridgehead atoms. The highest BCUT2D eigenvalue weighted by Gasteiger charge is 2.14. The minimum Gasteiger partial charge on any atom is -0.481 e. The molecule has 5 nitrogen and oxygen atoms in total. The van der Waals surface area contributed by atoms with Crippen molar-refractivity contribution in [3.8, 4) is 22.7 Å². The smallest absolute Gasteiger partial charge is 0.221 e. The van der Waals surface area contributed by atoms with Gasteiger partial charge < -0.3 is 10.5 Å². The zero-order chi connectivity index (χ0) is 19.0. The van der Waals surface area contributed by atoms with Crippen LogP contribution >= 0.6 is 0 Å². The van der Waals surface area contributed by atoms with E-state index in [1.54, 1.807) is 36.8 Å². The van der Waals surface area contributed by atoms with Crippen LogP contribution in [0.25, 0.3) is 27.8 Å². The molecular formula is C21H19FN4O. The molecule has 2 N–H and O–H groups in total. The first-order valence-electron chi connectivity index (χ1n) is 8.60. The summed E-state index contributed by atoms with van der Waals surface area (Å²) in [7, 11) is 1.52. The number of imidazole rings is 1. The van der Waals surface area contributed by atoms with Crippen molar-refractivity contribution in [2.24, 2.45) is 5.73 Å². The minimum absolute atomic E-state index is 0.0602. The quantitative estimate of drug-likeness (QED) is 0.589. The first kappa shape index (κ1) is 17.2. The molecule has 4 rings (SSSR count). The van der Waals surface area contributed by atoms with Crippen LogP contribution in [0.2, 0.25) is 0 Å². The van der Waals surface area contributed by atoms with E-state index in [0.717, 1.165) is 22.3 Å². The Bertz CT molecular complexity index is 1120. The maximum Gasteiger partial charge on any atom is 0.221 e. The fraction of sp³-hybridized carbons (Fsp3) is 0.143. The highest BCUT2D eigenvalue weighted by Crippen LogP contribution is 2.32. The molecule has 0 fully saturated rings. The summed E-state index contributed by atoms with van der Waals surface area (Å²) in [4.78, 5) is 8.64. The first-order valence-corrected chi connectivity index (χ1v) is 8.60. The van der Waals surface area contributed by atoms with Gasteiger partial charge >= 0.3 is 0 Å². The van der Waals surface area contributed by atoms with E-state index in [2.05, 4.69) is 9.97 Å². The number of ether oxygens (including phenoxy) is 1. The number of nitrogens with zero attached hydrogens (tertiary/aromatic N) is 3. The molecule has 6 heteroatoms. The number of hydrogen-bond acceptors (Lipinski definition) is 4. The lowest BCUT2D eigenvalue weighted by molar-refractivity contribution is 0.399. The molecule has 136 valence electrons. The van der Waals surface area contributed by atoms with Gasteiger partial charge in [0.25, 0.3) is 0 Å². The van der Waals surface area contributed by atoms with E-state index in [4.69, 9.17) is 10.5 Å². The van der Waals surface area contributed by atoms with Crippen molar-refractivity contribution in [2.75, 3.05) is 7.11 Å². The van der Waals surface area contributed by atoms with E-state index < -0.39 is 0 Å². The van der Waals surface area contributed by atoms with Crippen molar-refractivity contribution >= 4 is 11.0 Å². The molecule has 0 aliphatic heterocycles. The Kier molecular flexibility index (Phi) is 4.33. The molecule has 1 atom stereocenters. The molecule has 27 heavy (non-hydrogen) atoms. The van der Waals surface area contributed by atoms with Gasteiger partial charge in [0.2, 0.25) is 5.88 Å². The molecule has 0 unspecified atom stereocenters. The molecule has 0 saturated heterocycles. The van der Waals surface area contributed by atoms with E-state index >= 15 is 0 Å². The van der Waals surface area contributed by atoms with Crippen molar-refractivity contribution in [1.82, 2.24) is 14.5 Å². The third kappa shape index (κ3) is 3.04. The van der Waals surface area contributed by atoms with Crippen molar-refractivity contribution < 1.29 is 9.13 Å². The summed E-state index contributed by atoms with van der Waals surface area (Å²) in [6.45, 7) is 1.94. The van der Waals surface area contributed by atoms with Gasteiger partial charge in [-0.05, 0) is 55.0 Å². The number of nitrogens with two attached hydrogens (primary N) is 1. The van der Waals surface area contributed by atoms with Gasteiger partial charge in [-0.15, -0.1) is 0 Å². The van der Waals surface area contributed by atoms with Gasteiger partial charge in [-0.3, -0.25) is 4.57 Å². The topological polar surface area (TPSA) is 66.0 Å². The maximum atomic E-state index is 14.5. The van der Waals surface area contributed by atoms with Crippen LogP contribution in [-0.2, 0) is 0 Å². The predicted octanol–water partition coefficient (Wildman–Crippen LogP) is 4.25. The van der Waals surface area contributed by atoms with Crippen LogP contribution in [0.5, 0.6) is 5.88 Å². The molecule has 2 heterocycles. The molecule has 0 amide bonds. The number of benzene rings is 2. The van der Waals surface area contributed by atoms with Gasteiger partial charge in [-0.25, -0.2) is 14.4 Å². The van der Waals surface area contributed by atoms with E-state index in [1.807, 2.05) is 29.7 Å².